The van der Waals surface area contributed by atoms with Crippen LogP contribution in [0.5, 0.6) is 5.75 Å². The SMILES string of the molecule is C=CCNCC(C)Oc1cc(Cl)ccc1Cl. The van der Waals surface area contributed by atoms with Crippen molar-refractivity contribution in [3.8, 4) is 5.75 Å². The summed E-state index contributed by atoms with van der Waals surface area (Å²) >= 11 is 11.8. The maximum atomic E-state index is 5.98. The lowest BCUT2D eigenvalue weighted by Crippen LogP contribution is -2.29. The number of ether oxygens (including phenoxy) is 1. The number of nitrogens with one attached hydrogen (secondary N) is 1. The first-order chi connectivity index (χ1) is 7.63. The second-order valence-corrected chi connectivity index (χ2v) is 4.29. The first-order valence-corrected chi connectivity index (χ1v) is 5.82. The van der Waals surface area contributed by atoms with Gasteiger partial charge < -0.3 is 10.1 Å². The highest BCUT2D eigenvalue weighted by atomic mass is 35.5. The molecular weight excluding hydrogens is 245 g/mol. The van der Waals surface area contributed by atoms with Gasteiger partial charge in [-0.3, -0.25) is 0 Å². The minimum absolute atomic E-state index is 0.0240. The molecule has 0 fully saturated rings. The third-order valence-corrected chi connectivity index (χ3v) is 2.49. The first-order valence-electron chi connectivity index (χ1n) is 5.07. The summed E-state index contributed by atoms with van der Waals surface area (Å²) in [7, 11) is 0. The van der Waals surface area contributed by atoms with Gasteiger partial charge in [0.25, 0.3) is 0 Å². The van der Waals surface area contributed by atoms with Crippen molar-refractivity contribution in [2.75, 3.05) is 13.1 Å². The van der Waals surface area contributed by atoms with E-state index in [0.29, 0.717) is 15.8 Å². The number of halogens is 2. The predicted octanol–water partition coefficient (Wildman–Crippen LogP) is 3.54. The lowest BCUT2D eigenvalue weighted by atomic mass is 10.3. The van der Waals surface area contributed by atoms with E-state index in [1.165, 1.54) is 0 Å². The number of rotatable bonds is 6. The molecule has 0 aromatic heterocycles. The van der Waals surface area contributed by atoms with Crippen LogP contribution in [0.25, 0.3) is 0 Å². The molecule has 0 saturated heterocycles. The summed E-state index contributed by atoms with van der Waals surface area (Å²) in [5, 5.41) is 4.36. The van der Waals surface area contributed by atoms with E-state index in [1.54, 1.807) is 24.3 Å². The fourth-order valence-electron chi connectivity index (χ4n) is 1.21. The molecule has 88 valence electrons. The van der Waals surface area contributed by atoms with Gasteiger partial charge in [0.1, 0.15) is 11.9 Å². The molecule has 0 radical (unpaired) electrons. The highest BCUT2D eigenvalue weighted by Crippen LogP contribution is 2.28. The average Bonchev–Trinajstić information content (AvgIpc) is 2.24. The van der Waals surface area contributed by atoms with Crippen molar-refractivity contribution in [1.29, 1.82) is 0 Å². The van der Waals surface area contributed by atoms with E-state index >= 15 is 0 Å². The zero-order chi connectivity index (χ0) is 12.0. The summed E-state index contributed by atoms with van der Waals surface area (Å²) in [6, 6.07) is 5.17. The van der Waals surface area contributed by atoms with Crippen molar-refractivity contribution in [3.05, 3.63) is 40.9 Å². The highest BCUT2D eigenvalue weighted by Gasteiger charge is 2.07. The Morgan fingerprint density at radius 1 is 1.50 bits per heavy atom. The van der Waals surface area contributed by atoms with Gasteiger partial charge in [-0.25, -0.2) is 0 Å². The Hall–Kier alpha value is -0.700. The molecular formula is C12H15Cl2NO. The summed E-state index contributed by atoms with van der Waals surface area (Å²) in [5.74, 6) is 0.613. The molecule has 4 heteroatoms. The van der Waals surface area contributed by atoms with Crippen LogP contribution in [0.1, 0.15) is 6.92 Å². The van der Waals surface area contributed by atoms with Gasteiger partial charge in [0.15, 0.2) is 0 Å². The van der Waals surface area contributed by atoms with Crippen molar-refractivity contribution in [1.82, 2.24) is 5.32 Å². The fraction of sp³-hybridized carbons (Fsp3) is 0.333. The Morgan fingerprint density at radius 2 is 2.25 bits per heavy atom. The Kier molecular flexibility index (Phi) is 5.67. The van der Waals surface area contributed by atoms with Crippen molar-refractivity contribution in [2.24, 2.45) is 0 Å². The van der Waals surface area contributed by atoms with Crippen molar-refractivity contribution < 1.29 is 4.74 Å². The van der Waals surface area contributed by atoms with Gasteiger partial charge in [-0.2, -0.15) is 0 Å². The second-order valence-electron chi connectivity index (χ2n) is 3.45. The number of hydrogen-bond donors (Lipinski definition) is 1. The predicted molar refractivity (Wildman–Crippen MR) is 69.6 cm³/mol. The molecule has 1 aromatic rings. The molecule has 0 heterocycles. The topological polar surface area (TPSA) is 21.3 Å². The smallest absolute Gasteiger partial charge is 0.139 e. The summed E-state index contributed by atoms with van der Waals surface area (Å²) in [6.45, 7) is 7.08. The third kappa shape index (κ3) is 4.44. The molecule has 16 heavy (non-hydrogen) atoms. The summed E-state index contributed by atoms with van der Waals surface area (Å²) in [4.78, 5) is 0. The molecule has 0 spiro atoms. The van der Waals surface area contributed by atoms with Crippen LogP contribution in [0.4, 0.5) is 0 Å². The van der Waals surface area contributed by atoms with Crippen LogP contribution in [0, 0.1) is 0 Å². The van der Waals surface area contributed by atoms with Crippen molar-refractivity contribution >= 4 is 23.2 Å². The lowest BCUT2D eigenvalue weighted by molar-refractivity contribution is 0.219. The van der Waals surface area contributed by atoms with Crippen LogP contribution in [0.15, 0.2) is 30.9 Å². The van der Waals surface area contributed by atoms with E-state index in [2.05, 4.69) is 11.9 Å². The average molecular weight is 260 g/mol. The van der Waals surface area contributed by atoms with Crippen LogP contribution in [-0.4, -0.2) is 19.2 Å². The molecule has 1 N–H and O–H groups in total. The standard InChI is InChI=1S/C12H15Cl2NO/c1-3-6-15-8-9(2)16-12-7-10(13)4-5-11(12)14/h3-5,7,9,15H,1,6,8H2,2H3. The van der Waals surface area contributed by atoms with Crippen LogP contribution in [0.2, 0.25) is 10.0 Å². The van der Waals surface area contributed by atoms with Crippen molar-refractivity contribution in [2.45, 2.75) is 13.0 Å². The van der Waals surface area contributed by atoms with E-state index < -0.39 is 0 Å². The third-order valence-electron chi connectivity index (χ3n) is 1.94. The van der Waals surface area contributed by atoms with Gasteiger partial charge in [0.2, 0.25) is 0 Å². The minimum atomic E-state index is 0.0240. The molecule has 0 aliphatic carbocycles. The van der Waals surface area contributed by atoms with Crippen LogP contribution < -0.4 is 10.1 Å². The Balaban J connectivity index is 2.51. The largest absolute Gasteiger partial charge is 0.488 e. The second kappa shape index (κ2) is 6.79. The molecule has 0 saturated carbocycles. The van der Waals surface area contributed by atoms with Gasteiger partial charge in [0.05, 0.1) is 5.02 Å². The number of hydrogen-bond acceptors (Lipinski definition) is 2. The number of benzene rings is 1. The van der Waals surface area contributed by atoms with Gasteiger partial charge in [-0.1, -0.05) is 29.3 Å². The molecule has 0 aliphatic rings. The molecule has 2 nitrogen and oxygen atoms in total. The molecule has 1 atom stereocenters. The molecule has 1 rings (SSSR count). The molecule has 0 aliphatic heterocycles. The lowest BCUT2D eigenvalue weighted by Gasteiger charge is -2.16. The van der Waals surface area contributed by atoms with E-state index in [0.717, 1.165) is 13.1 Å². The Labute approximate surface area is 106 Å². The molecule has 1 aromatic carbocycles. The molecule has 0 bridgehead atoms. The Bertz CT molecular complexity index is 355. The summed E-state index contributed by atoms with van der Waals surface area (Å²) in [5.41, 5.74) is 0. The van der Waals surface area contributed by atoms with Gasteiger partial charge in [-0.05, 0) is 19.1 Å². The maximum absolute atomic E-state index is 5.98. The van der Waals surface area contributed by atoms with E-state index in [9.17, 15) is 0 Å². The summed E-state index contributed by atoms with van der Waals surface area (Å²) in [6.07, 6.45) is 1.83. The van der Waals surface area contributed by atoms with Gasteiger partial charge in [-0.15, -0.1) is 6.58 Å². The van der Waals surface area contributed by atoms with Crippen molar-refractivity contribution in [3.63, 3.8) is 0 Å². The maximum Gasteiger partial charge on any atom is 0.139 e. The normalized spacial score (nSPS) is 12.2. The highest BCUT2D eigenvalue weighted by molar-refractivity contribution is 6.34. The quantitative estimate of drug-likeness (QED) is 0.624. The monoisotopic (exact) mass is 259 g/mol. The van der Waals surface area contributed by atoms with Crippen LogP contribution in [-0.2, 0) is 0 Å². The minimum Gasteiger partial charge on any atom is -0.488 e. The Morgan fingerprint density at radius 3 is 2.94 bits per heavy atom. The fourth-order valence-corrected chi connectivity index (χ4v) is 1.54. The molecule has 1 unspecified atom stereocenters. The van der Waals surface area contributed by atoms with Gasteiger partial charge in [0, 0.05) is 24.2 Å². The van der Waals surface area contributed by atoms with Gasteiger partial charge >= 0.3 is 0 Å². The summed E-state index contributed by atoms with van der Waals surface area (Å²) < 4.78 is 5.66. The van der Waals surface area contributed by atoms with E-state index in [4.69, 9.17) is 27.9 Å². The molecule has 0 amide bonds. The van der Waals surface area contributed by atoms with E-state index in [-0.39, 0.29) is 6.10 Å². The van der Waals surface area contributed by atoms with Crippen LogP contribution in [0.3, 0.4) is 0 Å². The zero-order valence-corrected chi connectivity index (χ0v) is 10.7. The van der Waals surface area contributed by atoms with Crippen LogP contribution >= 0.6 is 23.2 Å². The first kappa shape index (κ1) is 13.4. The zero-order valence-electron chi connectivity index (χ0n) is 9.17. The van der Waals surface area contributed by atoms with E-state index in [1.807, 2.05) is 6.92 Å².